The van der Waals surface area contributed by atoms with Crippen molar-refractivity contribution in [2.45, 2.75) is 6.92 Å². The number of carbonyl (C=O) groups is 1. The molecule has 1 N–H and O–H groups in total. The number of rotatable bonds is 4. The maximum absolute atomic E-state index is 11.9. The summed E-state index contributed by atoms with van der Waals surface area (Å²) in [6, 6.07) is 8.52. The third-order valence-electron chi connectivity index (χ3n) is 2.41. The van der Waals surface area contributed by atoms with Crippen LogP contribution in [0.4, 0.5) is 5.69 Å². The van der Waals surface area contributed by atoms with Gasteiger partial charge in [0, 0.05) is 18.1 Å². The lowest BCUT2D eigenvalue weighted by Gasteiger charge is -2.09. The second-order valence-corrected chi connectivity index (χ2v) is 4.18. The van der Waals surface area contributed by atoms with E-state index >= 15 is 0 Å². The minimum atomic E-state index is -0.228. The van der Waals surface area contributed by atoms with E-state index in [0.717, 1.165) is 0 Å². The first-order valence-corrected chi connectivity index (χ1v) is 6.22. The zero-order valence-corrected chi connectivity index (χ0v) is 12.4. The van der Waals surface area contributed by atoms with Crippen molar-refractivity contribution in [1.29, 1.82) is 0 Å². The minimum absolute atomic E-state index is 0. The number of aromatic nitrogens is 1. The lowest BCUT2D eigenvalue weighted by atomic mass is 10.2. The van der Waals surface area contributed by atoms with Crippen LogP contribution in [0.2, 0.25) is 5.02 Å². The van der Waals surface area contributed by atoms with E-state index in [1.165, 1.54) is 6.20 Å². The zero-order chi connectivity index (χ0) is 13.7. The molecule has 2 rings (SSSR count). The molecule has 1 aromatic heterocycles. The number of benzene rings is 1. The summed E-state index contributed by atoms with van der Waals surface area (Å²) in [5.41, 5.74) is 1.11. The van der Waals surface area contributed by atoms with Crippen LogP contribution in [0.5, 0.6) is 5.75 Å². The zero-order valence-electron chi connectivity index (χ0n) is 10.8. The van der Waals surface area contributed by atoms with E-state index in [-0.39, 0.29) is 18.3 Å². The Morgan fingerprint density at radius 3 is 2.80 bits per heavy atom. The van der Waals surface area contributed by atoms with Gasteiger partial charge in [-0.1, -0.05) is 11.6 Å². The number of hydrogen-bond donors (Lipinski definition) is 1. The van der Waals surface area contributed by atoms with Gasteiger partial charge in [0.2, 0.25) is 0 Å². The first kappa shape index (κ1) is 16.3. The van der Waals surface area contributed by atoms with E-state index in [1.807, 2.05) is 6.92 Å². The topological polar surface area (TPSA) is 51.2 Å². The fraction of sp³-hybridized carbons (Fsp3) is 0.143. The van der Waals surface area contributed by atoms with Crippen molar-refractivity contribution in [3.63, 3.8) is 0 Å². The maximum atomic E-state index is 11.9. The molecule has 0 atom stereocenters. The summed E-state index contributed by atoms with van der Waals surface area (Å²) in [5, 5.41) is 3.21. The first-order valence-electron chi connectivity index (χ1n) is 5.84. The largest absolute Gasteiger partial charge is 0.492 e. The molecule has 0 unspecified atom stereocenters. The van der Waals surface area contributed by atoms with E-state index in [2.05, 4.69) is 10.3 Å². The molecule has 0 fully saturated rings. The lowest BCUT2D eigenvalue weighted by molar-refractivity contribution is 0.102. The van der Waals surface area contributed by atoms with Crippen LogP contribution in [0.15, 0.2) is 42.7 Å². The van der Waals surface area contributed by atoms with Crippen LogP contribution in [-0.2, 0) is 0 Å². The average molecular weight is 313 g/mol. The molecule has 0 saturated heterocycles. The Hall–Kier alpha value is -1.78. The van der Waals surface area contributed by atoms with Crippen LogP contribution in [0.25, 0.3) is 0 Å². The Kier molecular flexibility index (Phi) is 6.28. The summed E-state index contributed by atoms with van der Waals surface area (Å²) < 4.78 is 5.33. The summed E-state index contributed by atoms with van der Waals surface area (Å²) in [5.74, 6) is 0.372. The van der Waals surface area contributed by atoms with Gasteiger partial charge in [0.1, 0.15) is 5.75 Å². The summed E-state index contributed by atoms with van der Waals surface area (Å²) >= 11 is 6.05. The second-order valence-electron chi connectivity index (χ2n) is 3.77. The predicted molar refractivity (Wildman–Crippen MR) is 82.1 cm³/mol. The van der Waals surface area contributed by atoms with Crippen molar-refractivity contribution < 1.29 is 9.53 Å². The first-order chi connectivity index (χ1) is 9.20. The number of ether oxygens (including phenoxy) is 1. The highest BCUT2D eigenvalue weighted by Gasteiger charge is 2.08. The third-order valence-corrected chi connectivity index (χ3v) is 2.71. The molecule has 0 aliphatic rings. The smallest absolute Gasteiger partial charge is 0.257 e. The molecule has 0 spiro atoms. The Labute approximate surface area is 128 Å². The molecule has 0 saturated carbocycles. The van der Waals surface area contributed by atoms with Gasteiger partial charge in [-0.25, -0.2) is 0 Å². The summed E-state index contributed by atoms with van der Waals surface area (Å²) in [4.78, 5) is 15.8. The summed E-state index contributed by atoms with van der Waals surface area (Å²) in [6.07, 6.45) is 3.12. The van der Waals surface area contributed by atoms with Gasteiger partial charge in [-0.2, -0.15) is 0 Å². The highest BCUT2D eigenvalue weighted by Crippen LogP contribution is 2.27. The van der Waals surface area contributed by atoms with E-state index in [0.29, 0.717) is 28.6 Å². The van der Waals surface area contributed by atoms with Gasteiger partial charge < -0.3 is 10.1 Å². The predicted octanol–water partition coefficient (Wildman–Crippen LogP) is 3.81. The quantitative estimate of drug-likeness (QED) is 0.934. The Balaban J connectivity index is 0.00000200. The van der Waals surface area contributed by atoms with Crippen molar-refractivity contribution in [2.24, 2.45) is 0 Å². The molecule has 20 heavy (non-hydrogen) atoms. The Bertz CT molecular complexity index is 577. The third kappa shape index (κ3) is 4.11. The van der Waals surface area contributed by atoms with Crippen molar-refractivity contribution >= 4 is 35.6 Å². The van der Waals surface area contributed by atoms with Crippen molar-refractivity contribution in [2.75, 3.05) is 11.9 Å². The molecule has 0 aliphatic heterocycles. The van der Waals surface area contributed by atoms with Gasteiger partial charge in [0.15, 0.2) is 0 Å². The number of anilines is 1. The minimum Gasteiger partial charge on any atom is -0.492 e. The van der Waals surface area contributed by atoms with Gasteiger partial charge in [-0.15, -0.1) is 12.4 Å². The number of carbonyl (C=O) groups excluding carboxylic acids is 1. The molecule has 1 heterocycles. The van der Waals surface area contributed by atoms with Crippen LogP contribution in [-0.4, -0.2) is 17.5 Å². The second kappa shape index (κ2) is 7.72. The van der Waals surface area contributed by atoms with Crippen LogP contribution in [0, 0.1) is 0 Å². The number of amides is 1. The maximum Gasteiger partial charge on any atom is 0.257 e. The van der Waals surface area contributed by atoms with E-state index in [4.69, 9.17) is 16.3 Å². The van der Waals surface area contributed by atoms with Gasteiger partial charge in [0.25, 0.3) is 5.91 Å². The monoisotopic (exact) mass is 312 g/mol. The highest BCUT2D eigenvalue weighted by molar-refractivity contribution is 6.32. The van der Waals surface area contributed by atoms with Gasteiger partial charge in [0.05, 0.1) is 17.2 Å². The van der Waals surface area contributed by atoms with Gasteiger partial charge in [-0.05, 0) is 37.3 Å². The van der Waals surface area contributed by atoms with E-state index in [9.17, 15) is 4.79 Å². The SMILES string of the molecule is CCOc1ccc(NC(=O)c2cccnc2)cc1Cl.Cl. The van der Waals surface area contributed by atoms with Gasteiger partial charge in [-0.3, -0.25) is 9.78 Å². The van der Waals surface area contributed by atoms with Crippen molar-refractivity contribution in [3.8, 4) is 5.75 Å². The van der Waals surface area contributed by atoms with E-state index < -0.39 is 0 Å². The average Bonchev–Trinajstić information content (AvgIpc) is 2.43. The van der Waals surface area contributed by atoms with Gasteiger partial charge >= 0.3 is 0 Å². The van der Waals surface area contributed by atoms with Crippen LogP contribution >= 0.6 is 24.0 Å². The van der Waals surface area contributed by atoms with Crippen molar-refractivity contribution in [1.82, 2.24) is 4.98 Å². The summed E-state index contributed by atoms with van der Waals surface area (Å²) in [6.45, 7) is 2.43. The fourth-order valence-electron chi connectivity index (χ4n) is 1.55. The van der Waals surface area contributed by atoms with Crippen LogP contribution in [0.1, 0.15) is 17.3 Å². The Morgan fingerprint density at radius 2 is 2.20 bits per heavy atom. The molecule has 0 bridgehead atoms. The number of nitrogens with zero attached hydrogens (tertiary/aromatic N) is 1. The molecule has 2 aromatic rings. The number of hydrogen-bond acceptors (Lipinski definition) is 3. The number of nitrogens with one attached hydrogen (secondary N) is 1. The highest BCUT2D eigenvalue weighted by atomic mass is 35.5. The molecule has 0 radical (unpaired) electrons. The standard InChI is InChI=1S/C14H13ClN2O2.ClH/c1-2-19-13-6-5-11(8-12(13)15)17-14(18)10-4-3-7-16-9-10;/h3-9H,2H2,1H3,(H,17,18);1H. The summed E-state index contributed by atoms with van der Waals surface area (Å²) in [7, 11) is 0. The molecule has 4 nitrogen and oxygen atoms in total. The number of halogens is 2. The number of pyridine rings is 1. The molecular formula is C14H14Cl2N2O2. The molecule has 6 heteroatoms. The van der Waals surface area contributed by atoms with Crippen LogP contribution < -0.4 is 10.1 Å². The Morgan fingerprint density at radius 1 is 1.40 bits per heavy atom. The lowest BCUT2D eigenvalue weighted by Crippen LogP contribution is -2.12. The molecule has 106 valence electrons. The molecular weight excluding hydrogens is 299 g/mol. The molecule has 1 aromatic carbocycles. The van der Waals surface area contributed by atoms with Crippen LogP contribution in [0.3, 0.4) is 0 Å². The van der Waals surface area contributed by atoms with Crippen molar-refractivity contribution in [3.05, 3.63) is 53.3 Å². The normalized spacial score (nSPS) is 9.50. The van der Waals surface area contributed by atoms with E-state index in [1.54, 1.807) is 36.5 Å². The fourth-order valence-corrected chi connectivity index (χ4v) is 1.79. The molecule has 1 amide bonds. The molecule has 0 aliphatic carbocycles.